The van der Waals surface area contributed by atoms with Crippen molar-refractivity contribution in [2.75, 3.05) is 39.3 Å². The molecule has 25 heavy (non-hydrogen) atoms. The van der Waals surface area contributed by atoms with E-state index >= 15 is 0 Å². The van der Waals surface area contributed by atoms with E-state index in [1.807, 2.05) is 0 Å². The number of rotatable bonds is 4. The fourth-order valence-electron chi connectivity index (χ4n) is 5.57. The first-order chi connectivity index (χ1) is 12.0. The molecule has 0 aromatic rings. The van der Waals surface area contributed by atoms with Crippen molar-refractivity contribution in [3.05, 3.63) is 0 Å². The van der Waals surface area contributed by atoms with Gasteiger partial charge in [-0.15, -0.1) is 0 Å². The van der Waals surface area contributed by atoms with Gasteiger partial charge in [0.15, 0.2) is 0 Å². The lowest BCUT2D eigenvalue weighted by Gasteiger charge is -2.52. The highest BCUT2D eigenvalue weighted by molar-refractivity contribution is 7.89. The molecule has 6 nitrogen and oxygen atoms in total. The Hall–Kier alpha value is -0.210. The van der Waals surface area contributed by atoms with Crippen molar-refractivity contribution in [1.82, 2.24) is 14.5 Å². The van der Waals surface area contributed by atoms with Crippen LogP contribution in [-0.4, -0.2) is 73.7 Å². The number of likely N-dealkylation sites (tertiary alicyclic amines) is 1. The summed E-state index contributed by atoms with van der Waals surface area (Å²) in [5.74, 6) is 0.618. The Balaban J connectivity index is 1.42. The summed E-state index contributed by atoms with van der Waals surface area (Å²) >= 11 is 0. The van der Waals surface area contributed by atoms with Gasteiger partial charge in [-0.3, -0.25) is 4.90 Å². The molecule has 0 aromatic heterocycles. The second-order valence-electron chi connectivity index (χ2n) is 8.61. The maximum Gasteiger partial charge on any atom is 0.217 e. The summed E-state index contributed by atoms with van der Waals surface area (Å²) in [4.78, 5) is 2.53. The standard InChI is InChI=1S/C18H34N4O2S/c19-18(15-4-1-2-5-15)14-20-9-6-17(18)21-12-7-16(8-13-21)25(23,24)22-10-3-11-22/h15-17,20H,1-14,19H2. The van der Waals surface area contributed by atoms with Crippen LogP contribution >= 0.6 is 0 Å². The van der Waals surface area contributed by atoms with Gasteiger partial charge in [0.05, 0.1) is 5.25 Å². The fraction of sp³-hybridized carbons (Fsp3) is 1.00. The van der Waals surface area contributed by atoms with E-state index in [-0.39, 0.29) is 10.8 Å². The van der Waals surface area contributed by atoms with Gasteiger partial charge in [0, 0.05) is 31.2 Å². The molecule has 1 aliphatic carbocycles. The Morgan fingerprint density at radius 1 is 0.920 bits per heavy atom. The molecule has 0 spiro atoms. The molecule has 0 aromatic carbocycles. The second-order valence-corrected chi connectivity index (χ2v) is 10.8. The van der Waals surface area contributed by atoms with Crippen LogP contribution in [0.15, 0.2) is 0 Å². The number of nitrogens with one attached hydrogen (secondary N) is 1. The third-order valence-corrected chi connectivity index (χ3v) is 9.67. The van der Waals surface area contributed by atoms with Gasteiger partial charge in [0.25, 0.3) is 0 Å². The first-order valence-electron chi connectivity index (χ1n) is 10.2. The Labute approximate surface area is 152 Å². The molecule has 4 aliphatic rings. The topological polar surface area (TPSA) is 78.7 Å². The summed E-state index contributed by atoms with van der Waals surface area (Å²) in [7, 11) is -3.06. The Morgan fingerprint density at radius 2 is 1.60 bits per heavy atom. The van der Waals surface area contributed by atoms with E-state index in [1.165, 1.54) is 25.7 Å². The van der Waals surface area contributed by atoms with Gasteiger partial charge in [-0.25, -0.2) is 12.7 Å². The van der Waals surface area contributed by atoms with Crippen molar-refractivity contribution < 1.29 is 8.42 Å². The number of nitrogens with two attached hydrogens (primary N) is 1. The van der Waals surface area contributed by atoms with Crippen LogP contribution in [-0.2, 0) is 10.0 Å². The molecule has 0 radical (unpaired) electrons. The van der Waals surface area contributed by atoms with Crippen LogP contribution in [0, 0.1) is 5.92 Å². The molecule has 1 saturated carbocycles. The molecule has 3 heterocycles. The molecule has 4 rings (SSSR count). The van der Waals surface area contributed by atoms with Crippen molar-refractivity contribution in [1.29, 1.82) is 0 Å². The normalized spacial score (nSPS) is 37.2. The highest BCUT2D eigenvalue weighted by Gasteiger charge is 2.48. The zero-order chi connectivity index (χ0) is 17.5. The molecule has 144 valence electrons. The van der Waals surface area contributed by atoms with E-state index < -0.39 is 10.0 Å². The van der Waals surface area contributed by atoms with Crippen molar-refractivity contribution >= 4 is 10.0 Å². The first kappa shape index (κ1) is 18.2. The smallest absolute Gasteiger partial charge is 0.217 e. The molecular formula is C18H34N4O2S. The highest BCUT2D eigenvalue weighted by Crippen LogP contribution is 2.39. The van der Waals surface area contributed by atoms with Crippen LogP contribution in [0.25, 0.3) is 0 Å². The molecule has 3 saturated heterocycles. The number of hydrogen-bond donors (Lipinski definition) is 2. The number of nitrogens with zero attached hydrogens (tertiary/aromatic N) is 2. The lowest BCUT2D eigenvalue weighted by atomic mass is 9.73. The summed E-state index contributed by atoms with van der Waals surface area (Å²) in [6.45, 7) is 5.16. The van der Waals surface area contributed by atoms with Crippen molar-refractivity contribution in [2.24, 2.45) is 11.7 Å². The van der Waals surface area contributed by atoms with Gasteiger partial charge < -0.3 is 11.1 Å². The summed E-state index contributed by atoms with van der Waals surface area (Å²) in [5.41, 5.74) is 6.87. The largest absolute Gasteiger partial charge is 0.322 e. The zero-order valence-electron chi connectivity index (χ0n) is 15.3. The Kier molecular flexibility index (Phi) is 5.14. The highest BCUT2D eigenvalue weighted by atomic mass is 32.2. The van der Waals surface area contributed by atoms with E-state index in [1.54, 1.807) is 4.31 Å². The summed E-state index contributed by atoms with van der Waals surface area (Å²) in [5, 5.41) is 3.35. The van der Waals surface area contributed by atoms with Gasteiger partial charge in [-0.05, 0) is 64.1 Å². The van der Waals surface area contributed by atoms with Gasteiger partial charge in [0.1, 0.15) is 0 Å². The Bertz CT molecular complexity index is 566. The van der Waals surface area contributed by atoms with E-state index in [9.17, 15) is 8.42 Å². The molecule has 7 heteroatoms. The predicted molar refractivity (Wildman–Crippen MR) is 99.9 cm³/mol. The molecule has 3 aliphatic heterocycles. The Morgan fingerprint density at radius 3 is 2.20 bits per heavy atom. The lowest BCUT2D eigenvalue weighted by molar-refractivity contribution is 0.0426. The zero-order valence-corrected chi connectivity index (χ0v) is 16.1. The summed E-state index contributed by atoms with van der Waals surface area (Å²) in [6, 6.07) is 0.407. The van der Waals surface area contributed by atoms with Gasteiger partial charge in [-0.1, -0.05) is 12.8 Å². The third-order valence-electron chi connectivity index (χ3n) is 7.27. The van der Waals surface area contributed by atoms with Gasteiger partial charge >= 0.3 is 0 Å². The number of hydrogen-bond acceptors (Lipinski definition) is 5. The minimum atomic E-state index is -3.06. The summed E-state index contributed by atoms with van der Waals surface area (Å²) < 4.78 is 27.0. The van der Waals surface area contributed by atoms with Crippen LogP contribution in [0.1, 0.15) is 51.4 Å². The van der Waals surface area contributed by atoms with Crippen LogP contribution in [0.4, 0.5) is 0 Å². The quantitative estimate of drug-likeness (QED) is 0.763. The van der Waals surface area contributed by atoms with E-state index in [4.69, 9.17) is 5.73 Å². The van der Waals surface area contributed by atoms with Crippen LogP contribution in [0.2, 0.25) is 0 Å². The van der Waals surface area contributed by atoms with Crippen LogP contribution < -0.4 is 11.1 Å². The predicted octanol–water partition coefficient (Wildman–Crippen LogP) is 0.736. The average molecular weight is 371 g/mol. The van der Waals surface area contributed by atoms with Crippen LogP contribution in [0.5, 0.6) is 0 Å². The number of piperidine rings is 2. The molecule has 3 N–H and O–H groups in total. The average Bonchev–Trinajstić information content (AvgIpc) is 3.09. The molecule has 4 fully saturated rings. The van der Waals surface area contributed by atoms with Crippen molar-refractivity contribution in [2.45, 2.75) is 68.2 Å². The molecular weight excluding hydrogens is 336 g/mol. The molecule has 2 unspecified atom stereocenters. The van der Waals surface area contributed by atoms with E-state index in [0.29, 0.717) is 12.0 Å². The third kappa shape index (κ3) is 3.27. The lowest BCUT2D eigenvalue weighted by Crippen LogP contribution is -2.70. The van der Waals surface area contributed by atoms with Crippen molar-refractivity contribution in [3.63, 3.8) is 0 Å². The fourth-order valence-corrected chi connectivity index (χ4v) is 7.57. The first-order valence-corrected chi connectivity index (χ1v) is 11.7. The summed E-state index contributed by atoms with van der Waals surface area (Å²) in [6.07, 6.45) is 8.79. The number of sulfonamides is 1. The van der Waals surface area contributed by atoms with Gasteiger partial charge in [0.2, 0.25) is 10.0 Å². The minimum Gasteiger partial charge on any atom is -0.322 e. The SMILES string of the molecule is NC1(C2CCCC2)CNCCC1N1CCC(S(=O)(=O)N2CCC2)CC1. The van der Waals surface area contributed by atoms with Crippen molar-refractivity contribution in [3.8, 4) is 0 Å². The molecule has 0 bridgehead atoms. The molecule has 0 amide bonds. The maximum absolute atomic E-state index is 12.7. The van der Waals surface area contributed by atoms with E-state index in [0.717, 1.165) is 65.0 Å². The second kappa shape index (κ2) is 7.08. The maximum atomic E-state index is 12.7. The molecule has 2 atom stereocenters. The van der Waals surface area contributed by atoms with Gasteiger partial charge in [-0.2, -0.15) is 0 Å². The monoisotopic (exact) mass is 370 g/mol. The van der Waals surface area contributed by atoms with E-state index in [2.05, 4.69) is 10.2 Å². The minimum absolute atomic E-state index is 0.141. The van der Waals surface area contributed by atoms with Crippen LogP contribution in [0.3, 0.4) is 0 Å².